The highest BCUT2D eigenvalue weighted by Gasteiger charge is 2.67. The molecule has 2 amide bonds. The molecule has 0 heterocycles. The van der Waals surface area contributed by atoms with Gasteiger partial charge in [-0.05, 0) is 54.1 Å². The largest absolute Gasteiger partial charge is 0.326 e. The lowest BCUT2D eigenvalue weighted by molar-refractivity contribution is -0.117. The van der Waals surface area contributed by atoms with Crippen LogP contribution < -0.4 is 10.2 Å². The molecule has 1 aliphatic rings. The normalized spacial score (nSPS) is 17.6. The van der Waals surface area contributed by atoms with E-state index in [0.717, 1.165) is 17.0 Å². The molecule has 1 fully saturated rings. The molecule has 0 radical (unpaired) electrons. The lowest BCUT2D eigenvalue weighted by Crippen LogP contribution is -2.27. The zero-order valence-corrected chi connectivity index (χ0v) is 23.2. The van der Waals surface area contributed by atoms with Crippen LogP contribution in [0.15, 0.2) is 48.5 Å². The Labute approximate surface area is 241 Å². The van der Waals surface area contributed by atoms with E-state index < -0.39 is 33.8 Å². The van der Waals surface area contributed by atoms with Gasteiger partial charge in [0.2, 0.25) is 5.91 Å². The number of hydrogen-bond donors (Lipinski definition) is 1. The van der Waals surface area contributed by atoms with Crippen molar-refractivity contribution in [3.8, 4) is 6.07 Å². The van der Waals surface area contributed by atoms with Gasteiger partial charge >= 0.3 is 0 Å². The molecule has 12 heteroatoms. The first-order valence-electron chi connectivity index (χ1n) is 10.5. The van der Waals surface area contributed by atoms with Gasteiger partial charge in [0.15, 0.2) is 0 Å². The molecule has 0 aliphatic heterocycles. The van der Waals surface area contributed by atoms with Crippen molar-refractivity contribution in [2.24, 2.45) is 5.92 Å². The van der Waals surface area contributed by atoms with Crippen LogP contribution in [0.4, 0.5) is 15.8 Å². The lowest BCUT2D eigenvalue weighted by Gasteiger charge is -2.20. The minimum Gasteiger partial charge on any atom is -0.326 e. The molecule has 4 rings (SSSR count). The number of nitrogens with zero attached hydrogens (tertiary/aromatic N) is 2. The van der Waals surface area contributed by atoms with Gasteiger partial charge in [-0.15, -0.1) is 23.2 Å². The van der Waals surface area contributed by atoms with Gasteiger partial charge in [0.1, 0.15) is 16.2 Å². The first-order chi connectivity index (χ1) is 17.4. The van der Waals surface area contributed by atoms with Crippen LogP contribution in [-0.4, -0.2) is 23.2 Å². The molecule has 0 aromatic heterocycles. The molecule has 3 aromatic carbocycles. The Balaban J connectivity index is 1.57. The third-order valence-electron chi connectivity index (χ3n) is 5.91. The average Bonchev–Trinajstić information content (AvgIpc) is 3.44. The summed E-state index contributed by atoms with van der Waals surface area (Å²) in [6.45, 7) is 0. The molecule has 0 bridgehead atoms. The topological polar surface area (TPSA) is 73.2 Å². The van der Waals surface area contributed by atoms with Crippen LogP contribution in [0.1, 0.15) is 27.4 Å². The molecule has 1 aliphatic carbocycles. The summed E-state index contributed by atoms with van der Waals surface area (Å²) in [7, 11) is 1.42. The maximum atomic E-state index is 13.5. The van der Waals surface area contributed by atoms with Crippen LogP contribution >= 0.6 is 69.6 Å². The van der Waals surface area contributed by atoms with E-state index in [2.05, 4.69) is 5.32 Å². The average molecular weight is 620 g/mol. The highest BCUT2D eigenvalue weighted by atomic mass is 35.5. The van der Waals surface area contributed by atoms with E-state index in [1.54, 1.807) is 12.1 Å². The lowest BCUT2D eigenvalue weighted by atomic mass is 10.1. The fourth-order valence-corrected chi connectivity index (χ4v) is 5.63. The number of amides is 2. The molecule has 37 heavy (non-hydrogen) atoms. The summed E-state index contributed by atoms with van der Waals surface area (Å²) >= 11 is 37.3. The van der Waals surface area contributed by atoms with Crippen molar-refractivity contribution in [3.63, 3.8) is 0 Å². The Hall–Kier alpha value is -2.24. The van der Waals surface area contributed by atoms with Crippen molar-refractivity contribution in [3.05, 3.63) is 91.1 Å². The van der Waals surface area contributed by atoms with Crippen molar-refractivity contribution in [2.75, 3.05) is 17.3 Å². The van der Waals surface area contributed by atoms with Gasteiger partial charge in [0, 0.05) is 18.7 Å². The van der Waals surface area contributed by atoms with Gasteiger partial charge in [-0.3, -0.25) is 9.59 Å². The first kappa shape index (κ1) is 27.8. The SMILES string of the molecule is CN(C(=O)c1cc(NC(=O)[C@H]2[C@H](c3cc(Cl)c(Cl)c(Cl)c3)C2(Cl)Cl)ccc1Cl)c1ccc(F)cc1C#N. The molecule has 5 nitrogen and oxygen atoms in total. The number of benzene rings is 3. The second kappa shape index (κ2) is 10.5. The minimum absolute atomic E-state index is 0.0285. The maximum absolute atomic E-state index is 13.5. The Bertz CT molecular complexity index is 1470. The van der Waals surface area contributed by atoms with Crippen LogP contribution in [0.5, 0.6) is 0 Å². The second-order valence-corrected chi connectivity index (χ2v) is 11.3. The Kier molecular flexibility index (Phi) is 7.88. The number of hydrogen-bond acceptors (Lipinski definition) is 3. The van der Waals surface area contributed by atoms with E-state index in [1.165, 1.54) is 31.3 Å². The summed E-state index contributed by atoms with van der Waals surface area (Å²) in [5, 5.41) is 12.7. The van der Waals surface area contributed by atoms with Gasteiger partial charge in [-0.1, -0.05) is 46.4 Å². The minimum atomic E-state index is -1.42. The van der Waals surface area contributed by atoms with Crippen LogP contribution in [0, 0.1) is 23.1 Å². The zero-order valence-electron chi connectivity index (χ0n) is 18.6. The number of carbonyl (C=O) groups excluding carboxylic acids is 2. The summed E-state index contributed by atoms with van der Waals surface area (Å²) in [6, 6.07) is 12.8. The van der Waals surface area contributed by atoms with Crippen molar-refractivity contribution in [2.45, 2.75) is 10.3 Å². The summed E-state index contributed by atoms with van der Waals surface area (Å²) in [4.78, 5) is 27.4. The number of anilines is 2. The third-order valence-corrected chi connectivity index (χ3v) is 8.38. The molecule has 0 spiro atoms. The number of carbonyl (C=O) groups is 2. The van der Waals surface area contributed by atoms with Gasteiger partial charge in [-0.25, -0.2) is 4.39 Å². The van der Waals surface area contributed by atoms with Crippen molar-refractivity contribution in [1.29, 1.82) is 5.26 Å². The monoisotopic (exact) mass is 617 g/mol. The van der Waals surface area contributed by atoms with E-state index >= 15 is 0 Å². The molecule has 0 saturated heterocycles. The number of rotatable bonds is 5. The molecular formula is C25H14Cl6FN3O2. The van der Waals surface area contributed by atoms with E-state index in [4.69, 9.17) is 69.6 Å². The Morgan fingerprint density at radius 2 is 1.65 bits per heavy atom. The number of halogens is 7. The van der Waals surface area contributed by atoms with Crippen LogP contribution in [0.25, 0.3) is 0 Å². The summed E-state index contributed by atoms with van der Waals surface area (Å²) < 4.78 is 12.1. The highest BCUT2D eigenvalue weighted by molar-refractivity contribution is 6.54. The van der Waals surface area contributed by atoms with Crippen molar-refractivity contribution >= 4 is 92.8 Å². The summed E-state index contributed by atoms with van der Waals surface area (Å²) in [5.41, 5.74) is 1.01. The molecule has 1 saturated carbocycles. The quantitative estimate of drug-likeness (QED) is 0.232. The molecule has 3 aromatic rings. The predicted octanol–water partition coefficient (Wildman–Crippen LogP) is 8.11. The number of nitriles is 1. The van der Waals surface area contributed by atoms with Crippen LogP contribution in [-0.2, 0) is 4.79 Å². The number of alkyl halides is 2. The van der Waals surface area contributed by atoms with Crippen LogP contribution in [0.2, 0.25) is 20.1 Å². The third kappa shape index (κ3) is 5.35. The van der Waals surface area contributed by atoms with Crippen molar-refractivity contribution in [1.82, 2.24) is 0 Å². The van der Waals surface area contributed by atoms with E-state index in [0.29, 0.717) is 5.56 Å². The van der Waals surface area contributed by atoms with Gasteiger partial charge in [-0.2, -0.15) is 5.26 Å². The molecular weight excluding hydrogens is 606 g/mol. The highest BCUT2D eigenvalue weighted by Crippen LogP contribution is 2.65. The smallest absolute Gasteiger partial charge is 0.259 e. The van der Waals surface area contributed by atoms with E-state index in [-0.39, 0.29) is 42.6 Å². The van der Waals surface area contributed by atoms with Gasteiger partial charge in [0.05, 0.1) is 42.8 Å². The maximum Gasteiger partial charge on any atom is 0.259 e. The summed E-state index contributed by atoms with van der Waals surface area (Å²) in [6.07, 6.45) is 0. The fraction of sp³-hybridized carbons (Fsp3) is 0.160. The fourth-order valence-electron chi connectivity index (χ4n) is 3.99. The Morgan fingerprint density at radius 1 is 1.00 bits per heavy atom. The predicted molar refractivity (Wildman–Crippen MR) is 146 cm³/mol. The van der Waals surface area contributed by atoms with Gasteiger partial charge < -0.3 is 10.2 Å². The molecule has 190 valence electrons. The Morgan fingerprint density at radius 3 is 2.27 bits per heavy atom. The summed E-state index contributed by atoms with van der Waals surface area (Å²) in [5.74, 6) is -3.15. The second-order valence-electron chi connectivity index (χ2n) is 8.25. The molecule has 1 N–H and O–H groups in total. The number of nitrogens with one attached hydrogen (secondary N) is 1. The van der Waals surface area contributed by atoms with Crippen molar-refractivity contribution < 1.29 is 14.0 Å². The zero-order chi connectivity index (χ0) is 27.2. The first-order valence-corrected chi connectivity index (χ1v) is 12.7. The molecule has 2 atom stereocenters. The van der Waals surface area contributed by atoms with Gasteiger partial charge in [0.25, 0.3) is 5.91 Å². The van der Waals surface area contributed by atoms with Crippen LogP contribution in [0.3, 0.4) is 0 Å². The van der Waals surface area contributed by atoms with E-state index in [1.807, 2.05) is 6.07 Å². The van der Waals surface area contributed by atoms with E-state index in [9.17, 15) is 19.2 Å². The standard InChI is InChI=1S/C25H14Cl6FN3O2/c1-35(19-5-2-13(32)6-12(19)10-33)24(37)15-9-14(3-4-16(15)26)34-23(36)21-20(25(21,30)31)11-7-17(27)22(29)18(28)8-11/h2-9,20-21H,1H3,(H,34,36)/t20-,21+/m0/s1. The molecule has 0 unspecified atom stereocenters.